The fraction of sp³-hybridized carbons (Fsp3) is 0.545. The summed E-state index contributed by atoms with van der Waals surface area (Å²) in [6.45, 7) is 0.0247. The Bertz CT molecular complexity index is 734. The summed E-state index contributed by atoms with van der Waals surface area (Å²) in [6.07, 6.45) is 7.92. The molecule has 164 valence electrons. The molecule has 8 heteroatoms. The molecule has 3 atom stereocenters. The molecule has 0 bridgehead atoms. The van der Waals surface area contributed by atoms with E-state index in [1.54, 1.807) is 24.3 Å². The maximum absolute atomic E-state index is 12.9. The molecule has 2 aliphatic rings. The molecule has 0 unspecified atom stereocenters. The molecule has 1 aliphatic heterocycles. The van der Waals surface area contributed by atoms with Crippen molar-refractivity contribution in [3.05, 3.63) is 47.8 Å². The summed E-state index contributed by atoms with van der Waals surface area (Å²) in [5.41, 5.74) is 0.798. The fourth-order valence-electron chi connectivity index (χ4n) is 3.82. The molecule has 1 aliphatic carbocycles. The molecule has 1 heterocycles. The largest absolute Gasteiger partial charge is 0.394 e. The van der Waals surface area contributed by atoms with Gasteiger partial charge in [0.1, 0.15) is 11.9 Å². The maximum atomic E-state index is 12.9. The quantitative estimate of drug-likeness (QED) is 0.509. The third-order valence-electron chi connectivity index (χ3n) is 5.49. The highest BCUT2D eigenvalue weighted by atomic mass is 19.1. The number of carbonyl (C=O) groups excluding carboxylic acids is 2. The van der Waals surface area contributed by atoms with E-state index in [1.165, 1.54) is 18.6 Å². The Hall–Kier alpha value is -2.45. The van der Waals surface area contributed by atoms with Gasteiger partial charge in [0, 0.05) is 12.6 Å². The molecule has 0 aromatic heterocycles. The number of aliphatic hydroxyl groups excluding tert-OH is 1. The summed E-state index contributed by atoms with van der Waals surface area (Å²) in [5.74, 6) is -0.538. The number of urea groups is 1. The van der Waals surface area contributed by atoms with Crippen molar-refractivity contribution in [3.8, 4) is 0 Å². The van der Waals surface area contributed by atoms with E-state index in [0.717, 1.165) is 31.2 Å². The third-order valence-corrected chi connectivity index (χ3v) is 5.49. The van der Waals surface area contributed by atoms with Crippen molar-refractivity contribution in [2.75, 3.05) is 6.61 Å². The van der Waals surface area contributed by atoms with Gasteiger partial charge in [0.2, 0.25) is 5.91 Å². The third kappa shape index (κ3) is 6.81. The van der Waals surface area contributed by atoms with Gasteiger partial charge in [0.05, 0.1) is 25.2 Å². The molecule has 3 amide bonds. The number of hydrogen-bond donors (Lipinski definition) is 4. The number of benzene rings is 1. The normalized spacial score (nSPS) is 24.3. The topological polar surface area (TPSA) is 99.7 Å². The van der Waals surface area contributed by atoms with Crippen molar-refractivity contribution < 1.29 is 23.8 Å². The van der Waals surface area contributed by atoms with Crippen molar-refractivity contribution >= 4 is 11.9 Å². The highest BCUT2D eigenvalue weighted by molar-refractivity contribution is 5.77. The summed E-state index contributed by atoms with van der Waals surface area (Å²) >= 11 is 0. The maximum Gasteiger partial charge on any atom is 0.315 e. The zero-order valence-electron chi connectivity index (χ0n) is 17.0. The lowest BCUT2D eigenvalue weighted by Gasteiger charge is -2.32. The smallest absolute Gasteiger partial charge is 0.315 e. The molecular weight excluding hydrogens is 389 g/mol. The highest BCUT2D eigenvalue weighted by Crippen LogP contribution is 2.18. The first-order valence-electron chi connectivity index (χ1n) is 10.6. The van der Waals surface area contributed by atoms with Crippen LogP contribution >= 0.6 is 0 Å². The average Bonchev–Trinajstić information content (AvgIpc) is 2.75. The lowest BCUT2D eigenvalue weighted by Crippen LogP contribution is -2.53. The van der Waals surface area contributed by atoms with Crippen LogP contribution in [0.4, 0.5) is 9.18 Å². The lowest BCUT2D eigenvalue weighted by molar-refractivity contribution is -0.125. The molecule has 1 aromatic carbocycles. The molecule has 0 saturated heterocycles. The predicted molar refractivity (Wildman–Crippen MR) is 110 cm³/mol. The molecule has 3 rings (SSSR count). The van der Waals surface area contributed by atoms with Gasteiger partial charge in [-0.3, -0.25) is 4.79 Å². The minimum absolute atomic E-state index is 0.0924. The second kappa shape index (κ2) is 11.1. The molecule has 30 heavy (non-hydrogen) atoms. The monoisotopic (exact) mass is 419 g/mol. The van der Waals surface area contributed by atoms with Gasteiger partial charge in [-0.25, -0.2) is 9.18 Å². The van der Waals surface area contributed by atoms with Gasteiger partial charge in [-0.15, -0.1) is 0 Å². The Morgan fingerprint density at radius 1 is 1.07 bits per heavy atom. The Labute approximate surface area is 176 Å². The van der Waals surface area contributed by atoms with Crippen molar-refractivity contribution in [1.29, 1.82) is 0 Å². The van der Waals surface area contributed by atoms with Crippen LogP contribution in [0, 0.1) is 5.82 Å². The Morgan fingerprint density at radius 3 is 2.50 bits per heavy atom. The lowest BCUT2D eigenvalue weighted by atomic mass is 9.96. The summed E-state index contributed by atoms with van der Waals surface area (Å²) in [4.78, 5) is 24.4. The zero-order valence-corrected chi connectivity index (χ0v) is 17.0. The number of rotatable bonds is 7. The highest BCUT2D eigenvalue weighted by Gasteiger charge is 2.29. The van der Waals surface area contributed by atoms with Gasteiger partial charge in [0.25, 0.3) is 0 Å². The molecule has 0 spiro atoms. The second-order valence-corrected chi connectivity index (χ2v) is 7.87. The SMILES string of the molecule is O=C(C[C@H]1C=C[C@H](NC(=O)NC2CCCCC2)[C@@H](CO)O1)NCc1ccc(F)cc1. The Morgan fingerprint density at radius 2 is 1.80 bits per heavy atom. The Balaban J connectivity index is 1.44. The second-order valence-electron chi connectivity index (χ2n) is 7.87. The van der Waals surface area contributed by atoms with Gasteiger partial charge >= 0.3 is 6.03 Å². The summed E-state index contributed by atoms with van der Waals surface area (Å²) in [6, 6.07) is 5.38. The Kier molecular flexibility index (Phi) is 8.21. The first kappa shape index (κ1) is 22.2. The van der Waals surface area contributed by atoms with Crippen LogP contribution in [0.5, 0.6) is 0 Å². The van der Waals surface area contributed by atoms with Crippen LogP contribution in [0.25, 0.3) is 0 Å². The number of carbonyl (C=O) groups is 2. The zero-order chi connectivity index (χ0) is 21.3. The van der Waals surface area contributed by atoms with Crippen molar-refractivity contribution in [3.63, 3.8) is 0 Å². The molecule has 1 fully saturated rings. The first-order chi connectivity index (χ1) is 14.5. The van der Waals surface area contributed by atoms with E-state index in [2.05, 4.69) is 16.0 Å². The summed E-state index contributed by atoms with van der Waals surface area (Å²) in [7, 11) is 0. The standard InChI is InChI=1S/C22H30FN3O4/c23-16-8-6-15(7-9-16)13-24-21(28)12-18-10-11-19(20(14-27)30-18)26-22(29)25-17-4-2-1-3-5-17/h6-11,17-20,27H,1-5,12-14H2,(H,24,28)(H2,25,26,29)/t18-,19+,20-/m1/s1. The minimum Gasteiger partial charge on any atom is -0.394 e. The molecule has 1 aromatic rings. The van der Waals surface area contributed by atoms with Gasteiger partial charge in [-0.1, -0.05) is 43.5 Å². The van der Waals surface area contributed by atoms with Gasteiger partial charge in [-0.2, -0.15) is 0 Å². The fourth-order valence-corrected chi connectivity index (χ4v) is 3.82. The molecule has 4 N–H and O–H groups in total. The summed E-state index contributed by atoms with van der Waals surface area (Å²) < 4.78 is 18.7. The number of aliphatic hydroxyl groups is 1. The average molecular weight is 419 g/mol. The molecule has 0 radical (unpaired) electrons. The van der Waals surface area contributed by atoms with Crippen LogP contribution in [-0.4, -0.2) is 47.9 Å². The van der Waals surface area contributed by atoms with Crippen LogP contribution in [-0.2, 0) is 16.1 Å². The van der Waals surface area contributed by atoms with E-state index in [0.29, 0.717) is 6.54 Å². The number of amides is 3. The van der Waals surface area contributed by atoms with E-state index in [-0.39, 0.29) is 36.8 Å². The van der Waals surface area contributed by atoms with Gasteiger partial charge < -0.3 is 25.8 Å². The number of nitrogens with one attached hydrogen (secondary N) is 3. The summed E-state index contributed by atoms with van der Waals surface area (Å²) in [5, 5.41) is 18.3. The van der Waals surface area contributed by atoms with Crippen LogP contribution in [0.15, 0.2) is 36.4 Å². The van der Waals surface area contributed by atoms with E-state index < -0.39 is 18.2 Å². The van der Waals surface area contributed by atoms with Crippen molar-refractivity contribution in [2.24, 2.45) is 0 Å². The van der Waals surface area contributed by atoms with Crippen LogP contribution in [0.3, 0.4) is 0 Å². The molecular formula is C22H30FN3O4. The molecule has 7 nitrogen and oxygen atoms in total. The first-order valence-corrected chi connectivity index (χ1v) is 10.6. The van der Waals surface area contributed by atoms with Crippen LogP contribution in [0.1, 0.15) is 44.1 Å². The van der Waals surface area contributed by atoms with Gasteiger partial charge in [0.15, 0.2) is 0 Å². The van der Waals surface area contributed by atoms with E-state index >= 15 is 0 Å². The van der Waals surface area contributed by atoms with Crippen LogP contribution in [0.2, 0.25) is 0 Å². The van der Waals surface area contributed by atoms with Crippen molar-refractivity contribution in [2.45, 2.75) is 69.4 Å². The van der Waals surface area contributed by atoms with Gasteiger partial charge in [-0.05, 0) is 30.5 Å². The number of hydrogen-bond acceptors (Lipinski definition) is 4. The van der Waals surface area contributed by atoms with Crippen LogP contribution < -0.4 is 16.0 Å². The predicted octanol–water partition coefficient (Wildman–Crippen LogP) is 2.15. The van der Waals surface area contributed by atoms with E-state index in [4.69, 9.17) is 4.74 Å². The van der Waals surface area contributed by atoms with E-state index in [9.17, 15) is 19.1 Å². The number of halogens is 1. The van der Waals surface area contributed by atoms with Crippen molar-refractivity contribution in [1.82, 2.24) is 16.0 Å². The van der Waals surface area contributed by atoms with E-state index in [1.807, 2.05) is 0 Å². The number of ether oxygens (including phenoxy) is 1. The molecule has 1 saturated carbocycles. The minimum atomic E-state index is -0.623.